The van der Waals surface area contributed by atoms with Gasteiger partial charge in [-0.15, -0.1) is 0 Å². The zero-order valence-corrected chi connectivity index (χ0v) is 5.23. The Morgan fingerprint density at radius 1 is 1.75 bits per heavy atom. The van der Waals surface area contributed by atoms with E-state index in [1.54, 1.807) is 6.92 Å². The lowest BCUT2D eigenvalue weighted by molar-refractivity contribution is 0.325. The van der Waals surface area contributed by atoms with Crippen molar-refractivity contribution in [1.29, 1.82) is 0 Å². The maximum atomic E-state index is 10.1. The van der Waals surface area contributed by atoms with Crippen molar-refractivity contribution in [2.45, 2.75) is 6.92 Å². The number of nitrogens with one attached hydrogen (secondary N) is 1. The molecule has 50 valence electrons. The third-order valence-electron chi connectivity index (χ3n) is 0.448. The Morgan fingerprint density at radius 3 is 2.38 bits per heavy atom. The zero-order valence-electron chi connectivity index (χ0n) is 4.42. The molecule has 5 nitrogen and oxygen atoms in total. The van der Waals surface area contributed by atoms with Crippen LogP contribution in [-0.2, 0) is 14.6 Å². The highest BCUT2D eigenvalue weighted by Crippen LogP contribution is 1.75. The molecule has 0 amide bonds. The Labute approximate surface area is 48.0 Å². The van der Waals surface area contributed by atoms with Gasteiger partial charge in [0.05, 0.1) is 0 Å². The summed E-state index contributed by atoms with van der Waals surface area (Å²) in [7, 11) is -3.64. The van der Waals surface area contributed by atoms with Gasteiger partial charge < -0.3 is 0 Å². The van der Waals surface area contributed by atoms with Gasteiger partial charge in [0.2, 0.25) is 0 Å². The lowest BCUT2D eigenvalue weighted by Gasteiger charge is -1.96. The van der Waals surface area contributed by atoms with E-state index in [0.717, 1.165) is 0 Å². The Balaban J connectivity index is 3.76. The van der Waals surface area contributed by atoms with Crippen molar-refractivity contribution in [1.82, 2.24) is 4.72 Å². The highest BCUT2D eigenvalue weighted by Gasteiger charge is 2.02. The maximum Gasteiger partial charge on any atom is 0.351 e. The van der Waals surface area contributed by atoms with E-state index >= 15 is 0 Å². The second kappa shape index (κ2) is 2.98. The summed E-state index contributed by atoms with van der Waals surface area (Å²) in [5.74, 6) is 4.34. The van der Waals surface area contributed by atoms with Gasteiger partial charge >= 0.3 is 10.3 Å². The maximum absolute atomic E-state index is 10.1. The van der Waals surface area contributed by atoms with Crippen LogP contribution in [0.3, 0.4) is 0 Å². The molecular weight excluding hydrogens is 132 g/mol. The summed E-state index contributed by atoms with van der Waals surface area (Å²) < 4.78 is 25.8. The number of rotatable bonds is 3. The van der Waals surface area contributed by atoms with Gasteiger partial charge in [-0.1, -0.05) is 6.92 Å². The predicted molar refractivity (Wildman–Crippen MR) is 27.9 cm³/mol. The number of hydrogen-bond acceptors (Lipinski definition) is 4. The molecule has 0 aliphatic rings. The van der Waals surface area contributed by atoms with Crippen LogP contribution in [-0.4, -0.2) is 15.0 Å². The molecule has 0 aromatic carbocycles. The topological polar surface area (TPSA) is 81.4 Å². The smallest absolute Gasteiger partial charge is 0.196 e. The van der Waals surface area contributed by atoms with Crippen LogP contribution in [0, 0.1) is 0 Å². The van der Waals surface area contributed by atoms with Gasteiger partial charge in [0, 0.05) is 6.54 Å². The molecule has 0 bridgehead atoms. The van der Waals surface area contributed by atoms with Crippen molar-refractivity contribution < 1.29 is 12.7 Å². The van der Waals surface area contributed by atoms with Gasteiger partial charge in [-0.3, -0.25) is 0 Å². The highest BCUT2D eigenvalue weighted by molar-refractivity contribution is 7.84. The second-order valence-electron chi connectivity index (χ2n) is 1.05. The van der Waals surface area contributed by atoms with Crippen molar-refractivity contribution >= 4 is 10.3 Å². The van der Waals surface area contributed by atoms with Crippen molar-refractivity contribution in [2.24, 2.45) is 5.90 Å². The molecule has 0 atom stereocenters. The number of nitrogens with two attached hydrogens (primary N) is 1. The van der Waals surface area contributed by atoms with E-state index in [1.807, 2.05) is 4.72 Å². The van der Waals surface area contributed by atoms with Crippen LogP contribution < -0.4 is 10.6 Å². The molecule has 0 radical (unpaired) electrons. The van der Waals surface area contributed by atoms with E-state index in [9.17, 15) is 8.42 Å². The van der Waals surface area contributed by atoms with Crippen molar-refractivity contribution in [3.05, 3.63) is 0 Å². The van der Waals surface area contributed by atoms with Gasteiger partial charge in [0.15, 0.2) is 0 Å². The Kier molecular flexibility index (Phi) is 2.91. The minimum atomic E-state index is -3.64. The van der Waals surface area contributed by atoms with Crippen LogP contribution in [0.4, 0.5) is 0 Å². The van der Waals surface area contributed by atoms with Crippen LogP contribution in [0.15, 0.2) is 0 Å². The molecule has 0 heterocycles. The van der Waals surface area contributed by atoms with Gasteiger partial charge in [-0.25, -0.2) is 0 Å². The molecule has 0 saturated carbocycles. The molecule has 0 aromatic rings. The summed E-state index contributed by atoms with van der Waals surface area (Å²) in [5, 5.41) is 0. The summed E-state index contributed by atoms with van der Waals surface area (Å²) in [4.78, 5) is 0. The second-order valence-corrected chi connectivity index (χ2v) is 2.44. The molecule has 0 fully saturated rings. The average Bonchev–Trinajstić information content (AvgIpc) is 1.67. The molecular formula is C2H8N2O3S. The first-order valence-corrected chi connectivity index (χ1v) is 3.41. The van der Waals surface area contributed by atoms with E-state index in [-0.39, 0.29) is 6.54 Å². The van der Waals surface area contributed by atoms with Crippen LogP contribution >= 0.6 is 0 Å². The average molecular weight is 140 g/mol. The molecule has 3 N–H and O–H groups in total. The van der Waals surface area contributed by atoms with Crippen molar-refractivity contribution in [2.75, 3.05) is 6.54 Å². The largest absolute Gasteiger partial charge is 0.351 e. The monoisotopic (exact) mass is 140 g/mol. The summed E-state index contributed by atoms with van der Waals surface area (Å²) in [6.45, 7) is 1.90. The molecule has 0 unspecified atom stereocenters. The zero-order chi connectivity index (χ0) is 6.62. The quantitative estimate of drug-likeness (QED) is 0.479. The molecule has 0 saturated heterocycles. The lowest BCUT2D eigenvalue weighted by Crippen LogP contribution is -2.27. The summed E-state index contributed by atoms with van der Waals surface area (Å²) in [6, 6.07) is 0. The first-order valence-electron chi connectivity index (χ1n) is 2.00. The van der Waals surface area contributed by atoms with Crippen LogP contribution in [0.2, 0.25) is 0 Å². The Hall–Kier alpha value is -0.170. The summed E-state index contributed by atoms with van der Waals surface area (Å²) in [6.07, 6.45) is 0. The first-order chi connectivity index (χ1) is 3.62. The fourth-order valence-corrected chi connectivity index (χ4v) is 0.632. The van der Waals surface area contributed by atoms with Gasteiger partial charge in [-0.2, -0.15) is 23.3 Å². The van der Waals surface area contributed by atoms with Crippen LogP contribution in [0.1, 0.15) is 6.92 Å². The van der Waals surface area contributed by atoms with E-state index in [1.165, 1.54) is 0 Å². The van der Waals surface area contributed by atoms with E-state index in [2.05, 4.69) is 10.2 Å². The Morgan fingerprint density at radius 2 is 2.25 bits per heavy atom. The van der Waals surface area contributed by atoms with E-state index < -0.39 is 10.3 Å². The predicted octanol–water partition coefficient (Wildman–Crippen LogP) is -1.27. The lowest BCUT2D eigenvalue weighted by atomic mass is 10.8. The molecule has 0 rings (SSSR count). The minimum Gasteiger partial charge on any atom is -0.196 e. The van der Waals surface area contributed by atoms with Gasteiger partial charge in [-0.05, 0) is 0 Å². The fourth-order valence-electron chi connectivity index (χ4n) is 0.211. The van der Waals surface area contributed by atoms with Gasteiger partial charge in [0.1, 0.15) is 0 Å². The van der Waals surface area contributed by atoms with Gasteiger partial charge in [0.25, 0.3) is 0 Å². The summed E-state index contributed by atoms with van der Waals surface area (Å²) >= 11 is 0. The first kappa shape index (κ1) is 7.83. The summed E-state index contributed by atoms with van der Waals surface area (Å²) in [5.41, 5.74) is 0. The van der Waals surface area contributed by atoms with E-state index in [4.69, 9.17) is 0 Å². The standard InChI is InChI=1S/C2H8N2O3S/c1-2-4-8(5,6)7-3/h4H,2-3H2,1H3. The third kappa shape index (κ3) is 2.92. The normalized spacial score (nSPS) is 11.8. The molecule has 0 spiro atoms. The highest BCUT2D eigenvalue weighted by atomic mass is 32.2. The minimum absolute atomic E-state index is 0.277. The van der Waals surface area contributed by atoms with Crippen molar-refractivity contribution in [3.8, 4) is 0 Å². The molecule has 0 aromatic heterocycles. The van der Waals surface area contributed by atoms with Crippen LogP contribution in [0.5, 0.6) is 0 Å². The molecule has 6 heteroatoms. The third-order valence-corrected chi connectivity index (χ3v) is 1.34. The molecule has 0 aliphatic heterocycles. The van der Waals surface area contributed by atoms with Crippen LogP contribution in [0.25, 0.3) is 0 Å². The number of hydrogen-bond donors (Lipinski definition) is 2. The molecule has 8 heavy (non-hydrogen) atoms. The fraction of sp³-hybridized carbons (Fsp3) is 1.00. The van der Waals surface area contributed by atoms with Crippen molar-refractivity contribution in [3.63, 3.8) is 0 Å². The van der Waals surface area contributed by atoms with E-state index in [0.29, 0.717) is 0 Å². The SMILES string of the molecule is CCNS(=O)(=O)ON. The molecule has 0 aliphatic carbocycles. The Bertz CT molecular complexity index is 139.